The van der Waals surface area contributed by atoms with E-state index in [2.05, 4.69) is 46.3 Å². The second-order valence-electron chi connectivity index (χ2n) is 4.67. The van der Waals surface area contributed by atoms with Crippen LogP contribution >= 0.6 is 28.3 Å². The van der Waals surface area contributed by atoms with Crippen molar-refractivity contribution in [2.45, 2.75) is 6.42 Å². The van der Waals surface area contributed by atoms with Crippen LogP contribution in [0.1, 0.15) is 12.1 Å². The first-order valence-corrected chi connectivity index (χ1v) is 7.82. The van der Waals surface area contributed by atoms with E-state index in [0.717, 1.165) is 0 Å². The van der Waals surface area contributed by atoms with E-state index < -0.39 is 5.82 Å². The van der Waals surface area contributed by atoms with E-state index in [9.17, 15) is 4.39 Å². The Morgan fingerprint density at radius 3 is 2.73 bits per heavy atom. The molecule has 0 radical (unpaired) electrons. The standard InChI is InChI=1S/C13H16BrFN8O2.ClH/c14-8-3-2-7(6-9(8)15)20-12(10-11(16)22-25-21-10)23-24-5-1-4-19-13(17)18;/h2-3,6H,1,4-5H2,(H2,16,22)(H,20,23)(H4,17,18,19);1H. The number of hydroxylamine groups is 1. The summed E-state index contributed by atoms with van der Waals surface area (Å²) in [4.78, 5) is 13.3. The van der Waals surface area contributed by atoms with E-state index in [1.807, 2.05) is 0 Å². The van der Waals surface area contributed by atoms with Gasteiger partial charge in [0, 0.05) is 12.6 Å². The lowest BCUT2D eigenvalue weighted by atomic mass is 10.3. The second-order valence-corrected chi connectivity index (χ2v) is 5.52. The number of halogens is 3. The van der Waals surface area contributed by atoms with E-state index in [1.54, 1.807) is 6.07 Å². The van der Waals surface area contributed by atoms with Crippen molar-refractivity contribution in [3.05, 3.63) is 34.2 Å². The fraction of sp³-hybridized carbons (Fsp3) is 0.231. The summed E-state index contributed by atoms with van der Waals surface area (Å²) in [6.07, 6.45) is 0.553. The maximum absolute atomic E-state index is 13.6. The van der Waals surface area contributed by atoms with Crippen LogP contribution in [0, 0.1) is 5.82 Å². The highest BCUT2D eigenvalue weighted by molar-refractivity contribution is 9.10. The van der Waals surface area contributed by atoms with Crippen molar-refractivity contribution in [1.82, 2.24) is 15.8 Å². The number of hydrogen-bond acceptors (Lipinski definition) is 7. The maximum Gasteiger partial charge on any atom is 0.199 e. The van der Waals surface area contributed by atoms with Gasteiger partial charge in [0.15, 0.2) is 23.3 Å². The fourth-order valence-electron chi connectivity index (χ4n) is 1.63. The van der Waals surface area contributed by atoms with Gasteiger partial charge in [-0.2, -0.15) is 0 Å². The highest BCUT2D eigenvalue weighted by Crippen LogP contribution is 2.22. The summed E-state index contributed by atoms with van der Waals surface area (Å²) in [5, 5.41) is 7.12. The van der Waals surface area contributed by atoms with Gasteiger partial charge in [0.1, 0.15) is 5.82 Å². The number of nitrogens with one attached hydrogen (secondary N) is 1. The molecular weight excluding hydrogens is 435 g/mol. The number of nitrogens with two attached hydrogens (primary N) is 3. The molecule has 0 saturated heterocycles. The zero-order chi connectivity index (χ0) is 18.2. The number of amidine groups is 1. The van der Waals surface area contributed by atoms with Gasteiger partial charge in [-0.15, -0.1) is 12.4 Å². The number of aliphatic imine (C=N–C) groups is 2. The summed E-state index contributed by atoms with van der Waals surface area (Å²) in [5.41, 5.74) is 19.2. The molecule has 0 atom stereocenters. The number of guanidine groups is 1. The van der Waals surface area contributed by atoms with Gasteiger partial charge >= 0.3 is 0 Å². The zero-order valence-corrected chi connectivity index (χ0v) is 15.8. The number of anilines is 1. The van der Waals surface area contributed by atoms with Gasteiger partial charge in [0.05, 0.1) is 16.8 Å². The Hall–Kier alpha value is -2.44. The lowest BCUT2D eigenvalue weighted by molar-refractivity contribution is 0.0844. The quantitative estimate of drug-likeness (QED) is 0.211. The Balaban J connectivity index is 0.00000338. The van der Waals surface area contributed by atoms with E-state index in [-0.39, 0.29) is 42.3 Å². The van der Waals surface area contributed by atoms with Crippen LogP contribution < -0.4 is 22.7 Å². The molecule has 0 aliphatic heterocycles. The Morgan fingerprint density at radius 2 is 2.12 bits per heavy atom. The molecule has 0 aliphatic carbocycles. The SMILES string of the molecule is Cl.NC(N)=NCCCONC(=Nc1ccc(Br)c(F)c1)c1nonc1N. The minimum atomic E-state index is -0.468. The summed E-state index contributed by atoms with van der Waals surface area (Å²) in [6, 6.07) is 4.35. The minimum Gasteiger partial charge on any atom is -0.379 e. The number of rotatable bonds is 7. The number of aromatic nitrogens is 2. The van der Waals surface area contributed by atoms with Crippen LogP contribution in [0.2, 0.25) is 0 Å². The van der Waals surface area contributed by atoms with Gasteiger partial charge < -0.3 is 17.2 Å². The third-order valence-electron chi connectivity index (χ3n) is 2.75. The van der Waals surface area contributed by atoms with Gasteiger partial charge in [-0.3, -0.25) is 9.83 Å². The summed E-state index contributed by atoms with van der Waals surface area (Å²) in [6.45, 7) is 0.678. The van der Waals surface area contributed by atoms with Gasteiger partial charge in [0.25, 0.3) is 0 Å². The number of hydrogen-bond donors (Lipinski definition) is 4. The largest absolute Gasteiger partial charge is 0.379 e. The predicted molar refractivity (Wildman–Crippen MR) is 101 cm³/mol. The van der Waals surface area contributed by atoms with Crippen molar-refractivity contribution in [3.63, 3.8) is 0 Å². The molecule has 0 saturated carbocycles. The molecule has 0 amide bonds. The molecule has 142 valence electrons. The van der Waals surface area contributed by atoms with Crippen LogP contribution in [0.4, 0.5) is 15.9 Å². The molecule has 0 unspecified atom stereocenters. The van der Waals surface area contributed by atoms with Gasteiger partial charge in [-0.25, -0.2) is 19.5 Å². The average Bonchev–Trinajstić information content (AvgIpc) is 2.98. The van der Waals surface area contributed by atoms with Gasteiger partial charge in [-0.05, 0) is 44.8 Å². The van der Waals surface area contributed by atoms with E-state index in [1.165, 1.54) is 12.1 Å². The first-order valence-electron chi connectivity index (χ1n) is 7.02. The van der Waals surface area contributed by atoms with Gasteiger partial charge in [-0.1, -0.05) is 0 Å². The smallest absolute Gasteiger partial charge is 0.199 e. The van der Waals surface area contributed by atoms with Crippen molar-refractivity contribution in [3.8, 4) is 0 Å². The first-order chi connectivity index (χ1) is 12.0. The molecule has 0 spiro atoms. The summed E-state index contributed by atoms with van der Waals surface area (Å²) >= 11 is 3.07. The highest BCUT2D eigenvalue weighted by Gasteiger charge is 2.15. The molecule has 1 aromatic heterocycles. The average molecular weight is 452 g/mol. The summed E-state index contributed by atoms with van der Waals surface area (Å²) < 4.78 is 18.5. The lowest BCUT2D eigenvalue weighted by Crippen LogP contribution is -2.27. The van der Waals surface area contributed by atoms with Gasteiger partial charge in [0.2, 0.25) is 0 Å². The number of nitrogens with zero attached hydrogens (tertiary/aromatic N) is 4. The molecule has 7 N–H and O–H groups in total. The van der Waals surface area contributed by atoms with E-state index in [4.69, 9.17) is 22.0 Å². The normalized spacial score (nSPS) is 10.9. The molecule has 2 aromatic rings. The van der Waals surface area contributed by atoms with Crippen LogP contribution in [0.3, 0.4) is 0 Å². The minimum absolute atomic E-state index is 0. The third kappa shape index (κ3) is 6.46. The van der Waals surface area contributed by atoms with Crippen molar-refractivity contribution in [1.29, 1.82) is 0 Å². The third-order valence-corrected chi connectivity index (χ3v) is 3.39. The Morgan fingerprint density at radius 1 is 1.35 bits per heavy atom. The van der Waals surface area contributed by atoms with Crippen LogP contribution in [0.5, 0.6) is 0 Å². The summed E-state index contributed by atoms with van der Waals surface area (Å²) in [5.74, 6) is -0.339. The zero-order valence-electron chi connectivity index (χ0n) is 13.4. The fourth-order valence-corrected chi connectivity index (χ4v) is 1.88. The highest BCUT2D eigenvalue weighted by atomic mass is 79.9. The molecule has 26 heavy (non-hydrogen) atoms. The monoisotopic (exact) mass is 450 g/mol. The Kier molecular flexibility index (Phi) is 8.75. The molecule has 0 bridgehead atoms. The molecule has 1 aromatic carbocycles. The summed E-state index contributed by atoms with van der Waals surface area (Å²) in [7, 11) is 0. The molecular formula is C13H17BrClFN8O2. The topological polar surface area (TPSA) is 163 Å². The molecule has 0 aliphatic rings. The molecule has 1 heterocycles. The Bertz CT molecular complexity index is 781. The molecule has 2 rings (SSSR count). The molecule has 0 fully saturated rings. The van der Waals surface area contributed by atoms with Crippen molar-refractivity contribution in [2.24, 2.45) is 21.5 Å². The molecule has 13 heteroatoms. The van der Waals surface area contributed by atoms with Crippen LogP contribution in [0.25, 0.3) is 0 Å². The van der Waals surface area contributed by atoms with Crippen molar-refractivity contribution in [2.75, 3.05) is 18.9 Å². The molecule has 10 nitrogen and oxygen atoms in total. The van der Waals surface area contributed by atoms with Crippen molar-refractivity contribution < 1.29 is 13.9 Å². The number of nitrogen functional groups attached to an aromatic ring is 1. The maximum atomic E-state index is 13.6. The first kappa shape index (κ1) is 21.6. The number of benzene rings is 1. The Labute approximate surface area is 162 Å². The van der Waals surface area contributed by atoms with E-state index >= 15 is 0 Å². The van der Waals surface area contributed by atoms with Crippen LogP contribution in [0.15, 0.2) is 37.3 Å². The van der Waals surface area contributed by atoms with Crippen molar-refractivity contribution >= 4 is 51.6 Å². The predicted octanol–water partition coefficient (Wildman–Crippen LogP) is 1.24. The van der Waals surface area contributed by atoms with E-state index in [0.29, 0.717) is 23.1 Å². The second kappa shape index (κ2) is 10.5. The lowest BCUT2D eigenvalue weighted by Gasteiger charge is -2.08. The van der Waals surface area contributed by atoms with Crippen LogP contribution in [-0.4, -0.2) is 35.3 Å². The van der Waals surface area contributed by atoms with Crippen LogP contribution in [-0.2, 0) is 4.84 Å².